The molecule has 0 bridgehead atoms. The van der Waals surface area contributed by atoms with E-state index in [1.807, 2.05) is 30.1 Å². The monoisotopic (exact) mass is 255 g/mol. The van der Waals surface area contributed by atoms with Crippen LogP contribution in [0.1, 0.15) is 34.9 Å². The van der Waals surface area contributed by atoms with E-state index in [0.717, 1.165) is 19.4 Å². The van der Waals surface area contributed by atoms with Gasteiger partial charge < -0.3 is 9.47 Å². The van der Waals surface area contributed by atoms with E-state index < -0.39 is 0 Å². The summed E-state index contributed by atoms with van der Waals surface area (Å²) >= 11 is 0. The predicted octanol–water partition coefficient (Wildman–Crippen LogP) is 2.40. The van der Waals surface area contributed by atoms with E-state index in [-0.39, 0.29) is 11.9 Å². The van der Waals surface area contributed by atoms with Crippen LogP contribution in [-0.4, -0.2) is 26.9 Å². The average molecular weight is 255 g/mol. The van der Waals surface area contributed by atoms with Gasteiger partial charge in [-0.2, -0.15) is 0 Å². The van der Waals surface area contributed by atoms with Crippen LogP contribution >= 0.6 is 0 Å². The number of amides is 1. The van der Waals surface area contributed by atoms with Gasteiger partial charge >= 0.3 is 0 Å². The van der Waals surface area contributed by atoms with Gasteiger partial charge in [0.1, 0.15) is 5.69 Å². The molecule has 2 aromatic rings. The Morgan fingerprint density at radius 2 is 2.11 bits per heavy atom. The Morgan fingerprint density at radius 1 is 1.32 bits per heavy atom. The van der Waals surface area contributed by atoms with Crippen LogP contribution in [0.4, 0.5) is 0 Å². The quantitative estimate of drug-likeness (QED) is 0.826. The van der Waals surface area contributed by atoms with E-state index in [9.17, 15) is 4.79 Å². The Bertz CT molecular complexity index is 576. The molecule has 1 aliphatic heterocycles. The Hall–Kier alpha value is -2.10. The van der Waals surface area contributed by atoms with Gasteiger partial charge in [-0.3, -0.25) is 4.79 Å². The Balaban J connectivity index is 1.88. The second-order valence-corrected chi connectivity index (χ2v) is 4.96. The number of aromatic nitrogens is 2. The highest BCUT2D eigenvalue weighted by atomic mass is 16.2. The summed E-state index contributed by atoms with van der Waals surface area (Å²) in [7, 11) is 1.85. The van der Waals surface area contributed by atoms with Crippen LogP contribution < -0.4 is 0 Å². The fourth-order valence-electron chi connectivity index (χ4n) is 2.74. The molecule has 0 saturated carbocycles. The summed E-state index contributed by atoms with van der Waals surface area (Å²) in [6, 6.07) is 10.5. The lowest BCUT2D eigenvalue weighted by Gasteiger charge is -2.25. The molecule has 2 heterocycles. The van der Waals surface area contributed by atoms with Gasteiger partial charge in [0.25, 0.3) is 5.91 Å². The van der Waals surface area contributed by atoms with Gasteiger partial charge in [-0.15, -0.1) is 0 Å². The maximum atomic E-state index is 12.6. The van der Waals surface area contributed by atoms with Gasteiger partial charge in [-0.05, 0) is 18.4 Å². The van der Waals surface area contributed by atoms with Gasteiger partial charge in [0.2, 0.25) is 0 Å². The maximum absolute atomic E-state index is 12.6. The molecule has 1 amide bonds. The summed E-state index contributed by atoms with van der Waals surface area (Å²) in [5.41, 5.74) is 1.87. The molecule has 1 aliphatic rings. The van der Waals surface area contributed by atoms with E-state index in [0.29, 0.717) is 5.69 Å². The molecule has 1 aromatic carbocycles. The van der Waals surface area contributed by atoms with Crippen molar-refractivity contribution in [3.8, 4) is 0 Å². The highest BCUT2D eigenvalue weighted by Gasteiger charge is 2.31. The number of rotatable bonds is 2. The summed E-state index contributed by atoms with van der Waals surface area (Å²) in [5.74, 6) is 0.0753. The van der Waals surface area contributed by atoms with Crippen LogP contribution in [-0.2, 0) is 7.05 Å². The Morgan fingerprint density at radius 3 is 2.79 bits per heavy atom. The number of hydrogen-bond donors (Lipinski definition) is 0. The number of carbonyl (C=O) groups is 1. The summed E-state index contributed by atoms with van der Waals surface area (Å²) in [4.78, 5) is 18.6. The molecular weight excluding hydrogens is 238 g/mol. The van der Waals surface area contributed by atoms with Crippen molar-refractivity contribution in [2.75, 3.05) is 6.54 Å². The van der Waals surface area contributed by atoms with E-state index in [1.165, 1.54) is 5.56 Å². The molecule has 3 rings (SSSR count). The van der Waals surface area contributed by atoms with E-state index in [1.54, 1.807) is 17.1 Å². The van der Waals surface area contributed by atoms with Crippen LogP contribution in [0.15, 0.2) is 42.9 Å². The first kappa shape index (κ1) is 12.0. The molecular formula is C15H17N3O. The lowest BCUT2D eigenvalue weighted by atomic mass is 10.0. The minimum Gasteiger partial charge on any atom is -0.330 e. The highest BCUT2D eigenvalue weighted by Crippen LogP contribution is 2.32. The van der Waals surface area contributed by atoms with Crippen LogP contribution in [0.5, 0.6) is 0 Å². The van der Waals surface area contributed by atoms with Crippen molar-refractivity contribution in [2.45, 2.75) is 18.9 Å². The summed E-state index contributed by atoms with van der Waals surface area (Å²) in [5, 5.41) is 0. The van der Waals surface area contributed by atoms with Crippen molar-refractivity contribution in [3.63, 3.8) is 0 Å². The number of likely N-dealkylation sites (tertiary alicyclic amines) is 1. The first-order chi connectivity index (χ1) is 9.27. The van der Waals surface area contributed by atoms with Crippen LogP contribution in [0.2, 0.25) is 0 Å². The van der Waals surface area contributed by atoms with Crippen LogP contribution in [0.3, 0.4) is 0 Å². The van der Waals surface area contributed by atoms with Gasteiger partial charge in [0.15, 0.2) is 0 Å². The highest BCUT2D eigenvalue weighted by molar-refractivity contribution is 5.92. The third-order valence-electron chi connectivity index (χ3n) is 3.73. The number of aryl methyl sites for hydroxylation is 1. The first-order valence-corrected chi connectivity index (χ1v) is 6.59. The molecule has 1 fully saturated rings. The minimum atomic E-state index is 0.0753. The predicted molar refractivity (Wildman–Crippen MR) is 72.7 cm³/mol. The average Bonchev–Trinajstić information content (AvgIpc) is 3.07. The van der Waals surface area contributed by atoms with Crippen molar-refractivity contribution in [1.29, 1.82) is 0 Å². The standard InChI is InChI=1S/C15H17N3O/c1-17-11-16-10-14(17)15(19)18-9-5-8-13(18)12-6-3-2-4-7-12/h2-4,6-7,10-11,13H,5,8-9H2,1H3. The largest absolute Gasteiger partial charge is 0.330 e. The molecule has 1 saturated heterocycles. The molecule has 19 heavy (non-hydrogen) atoms. The van der Waals surface area contributed by atoms with E-state index in [4.69, 9.17) is 0 Å². The molecule has 98 valence electrons. The molecule has 1 unspecified atom stereocenters. The van der Waals surface area contributed by atoms with E-state index >= 15 is 0 Å². The molecule has 0 aliphatic carbocycles. The third kappa shape index (κ3) is 2.14. The number of carbonyl (C=O) groups excluding carboxylic acids is 1. The number of hydrogen-bond acceptors (Lipinski definition) is 2. The van der Waals surface area contributed by atoms with Crippen molar-refractivity contribution < 1.29 is 4.79 Å². The van der Waals surface area contributed by atoms with Gasteiger partial charge in [0, 0.05) is 13.6 Å². The molecule has 4 heteroatoms. The molecule has 0 N–H and O–H groups in total. The third-order valence-corrected chi connectivity index (χ3v) is 3.73. The van der Waals surface area contributed by atoms with Crippen LogP contribution in [0.25, 0.3) is 0 Å². The minimum absolute atomic E-state index is 0.0753. The van der Waals surface area contributed by atoms with E-state index in [2.05, 4.69) is 17.1 Å². The fraction of sp³-hybridized carbons (Fsp3) is 0.333. The smallest absolute Gasteiger partial charge is 0.272 e. The summed E-state index contributed by atoms with van der Waals surface area (Å²) < 4.78 is 1.78. The zero-order valence-corrected chi connectivity index (χ0v) is 11.0. The van der Waals surface area contributed by atoms with Crippen molar-refractivity contribution >= 4 is 5.91 Å². The van der Waals surface area contributed by atoms with Gasteiger partial charge in [-0.25, -0.2) is 4.98 Å². The number of nitrogens with zero attached hydrogens (tertiary/aromatic N) is 3. The first-order valence-electron chi connectivity index (χ1n) is 6.59. The molecule has 1 aromatic heterocycles. The molecule has 0 spiro atoms. The fourth-order valence-corrected chi connectivity index (χ4v) is 2.74. The van der Waals surface area contributed by atoms with Crippen molar-refractivity contribution in [2.24, 2.45) is 7.05 Å². The Labute approximate surface area is 112 Å². The van der Waals surface area contributed by atoms with Crippen LogP contribution in [0, 0.1) is 0 Å². The topological polar surface area (TPSA) is 38.1 Å². The molecule has 4 nitrogen and oxygen atoms in total. The number of benzene rings is 1. The van der Waals surface area contributed by atoms with Crippen molar-refractivity contribution in [1.82, 2.24) is 14.5 Å². The zero-order valence-electron chi connectivity index (χ0n) is 11.0. The lowest BCUT2D eigenvalue weighted by molar-refractivity contribution is 0.0726. The lowest BCUT2D eigenvalue weighted by Crippen LogP contribution is -2.31. The summed E-state index contributed by atoms with van der Waals surface area (Å²) in [6.45, 7) is 0.823. The van der Waals surface area contributed by atoms with Gasteiger partial charge in [-0.1, -0.05) is 30.3 Å². The second kappa shape index (κ2) is 4.88. The Kier molecular flexibility index (Phi) is 3.07. The van der Waals surface area contributed by atoms with Gasteiger partial charge in [0.05, 0.1) is 18.6 Å². The zero-order chi connectivity index (χ0) is 13.2. The summed E-state index contributed by atoms with van der Waals surface area (Å²) in [6.07, 6.45) is 5.40. The number of imidazole rings is 1. The SMILES string of the molecule is Cn1cncc1C(=O)N1CCCC1c1ccccc1. The second-order valence-electron chi connectivity index (χ2n) is 4.96. The molecule has 0 radical (unpaired) electrons. The maximum Gasteiger partial charge on any atom is 0.272 e. The normalized spacial score (nSPS) is 18.8. The molecule has 1 atom stereocenters. The van der Waals surface area contributed by atoms with Crippen molar-refractivity contribution in [3.05, 3.63) is 54.1 Å².